The highest BCUT2D eigenvalue weighted by Gasteiger charge is 2.25. The number of rotatable bonds is 6. The Bertz CT molecular complexity index is 759. The van der Waals surface area contributed by atoms with Crippen molar-refractivity contribution in [1.29, 1.82) is 0 Å². The van der Waals surface area contributed by atoms with Crippen molar-refractivity contribution in [2.45, 2.75) is 31.2 Å². The number of carbonyl (C=O) groups is 2. The molecule has 1 aliphatic rings. The van der Waals surface area contributed by atoms with Gasteiger partial charge >= 0.3 is 0 Å². The number of pyridine rings is 1. The maximum Gasteiger partial charge on any atom is 0.166 e. The van der Waals surface area contributed by atoms with Crippen LogP contribution in [0.25, 0.3) is 0 Å². The molecule has 0 N–H and O–H groups in total. The first-order valence-electron chi connectivity index (χ1n) is 9.55. The largest absolute Gasteiger partial charge is 0.303 e. The van der Waals surface area contributed by atoms with Crippen molar-refractivity contribution in [1.82, 2.24) is 9.88 Å². The molecule has 1 aromatic carbocycles. The topological polar surface area (TPSA) is 50.3 Å². The number of hydrogen-bond acceptors (Lipinski definition) is 5. The lowest BCUT2D eigenvalue weighted by atomic mass is 9.89. The van der Waals surface area contributed by atoms with Gasteiger partial charge in [0.1, 0.15) is 5.03 Å². The van der Waals surface area contributed by atoms with Crippen molar-refractivity contribution in [3.05, 3.63) is 58.7 Å². The first-order chi connectivity index (χ1) is 13.6. The van der Waals surface area contributed by atoms with Crippen molar-refractivity contribution in [3.8, 4) is 0 Å². The van der Waals surface area contributed by atoms with E-state index in [0.29, 0.717) is 10.6 Å². The standard InChI is InChI=1S/C15H20ClNO.C7H7NOS/c1-2-9-17-10-7-13(8-11-17)15(18)12-3-5-14(16)6-4-12;1-10-7-6(5-9)3-2-4-8-7/h3-6,13H,2,7-11H2,1H3;2-5H,1H3. The Balaban J connectivity index is 0.000000237. The fourth-order valence-electron chi connectivity index (χ4n) is 3.25. The molecular weight excluding hydrogens is 392 g/mol. The third kappa shape index (κ3) is 6.73. The molecule has 1 aromatic heterocycles. The highest BCUT2D eigenvalue weighted by molar-refractivity contribution is 7.98. The Morgan fingerprint density at radius 1 is 1.25 bits per heavy atom. The molecule has 0 unspecified atom stereocenters. The van der Waals surface area contributed by atoms with E-state index in [1.807, 2.05) is 18.4 Å². The van der Waals surface area contributed by atoms with Crippen LogP contribution in [0, 0.1) is 5.92 Å². The highest BCUT2D eigenvalue weighted by Crippen LogP contribution is 2.22. The maximum atomic E-state index is 12.3. The normalized spacial score (nSPS) is 14.8. The number of nitrogens with zero attached hydrogens (tertiary/aromatic N) is 2. The molecule has 6 heteroatoms. The zero-order chi connectivity index (χ0) is 20.4. The van der Waals surface area contributed by atoms with Crippen molar-refractivity contribution in [2.75, 3.05) is 25.9 Å². The molecule has 0 radical (unpaired) electrons. The Kier molecular flexibility index (Phi) is 9.68. The van der Waals surface area contributed by atoms with Crippen LogP contribution in [-0.4, -0.2) is 47.8 Å². The van der Waals surface area contributed by atoms with Gasteiger partial charge in [0.05, 0.1) is 0 Å². The fraction of sp³-hybridized carbons (Fsp3) is 0.409. The van der Waals surface area contributed by atoms with Crippen LogP contribution in [0.3, 0.4) is 0 Å². The zero-order valence-corrected chi connectivity index (χ0v) is 18.0. The number of carbonyl (C=O) groups excluding carboxylic acids is 2. The van der Waals surface area contributed by atoms with Crippen LogP contribution in [0.5, 0.6) is 0 Å². The number of Topliss-reactive ketones (excluding diaryl/α,β-unsaturated/α-hetero) is 1. The van der Waals surface area contributed by atoms with Crippen molar-refractivity contribution >= 4 is 35.4 Å². The number of piperidine rings is 1. The second-order valence-corrected chi connectivity index (χ2v) is 7.94. The summed E-state index contributed by atoms with van der Waals surface area (Å²) in [4.78, 5) is 29.1. The number of halogens is 1. The third-order valence-electron chi connectivity index (χ3n) is 4.75. The quantitative estimate of drug-likeness (QED) is 0.363. The summed E-state index contributed by atoms with van der Waals surface area (Å²) in [6.07, 6.45) is 7.56. The number of hydrogen-bond donors (Lipinski definition) is 0. The van der Waals surface area contributed by atoms with Crippen molar-refractivity contribution < 1.29 is 9.59 Å². The monoisotopic (exact) mass is 418 g/mol. The molecule has 0 atom stereocenters. The molecule has 0 bridgehead atoms. The van der Waals surface area contributed by atoms with Gasteiger partial charge in [-0.15, -0.1) is 11.8 Å². The number of aldehydes is 1. The fourth-order valence-corrected chi connectivity index (χ4v) is 3.89. The van der Waals surface area contributed by atoms with Gasteiger partial charge in [0.15, 0.2) is 12.1 Å². The van der Waals surface area contributed by atoms with Gasteiger partial charge in [-0.3, -0.25) is 9.59 Å². The van der Waals surface area contributed by atoms with Gasteiger partial charge in [-0.25, -0.2) is 4.98 Å². The molecule has 2 aromatic rings. The van der Waals surface area contributed by atoms with Crippen LogP contribution in [0.1, 0.15) is 46.9 Å². The molecule has 2 heterocycles. The van der Waals surface area contributed by atoms with E-state index < -0.39 is 0 Å². The summed E-state index contributed by atoms with van der Waals surface area (Å²) in [5, 5.41) is 1.47. The molecule has 1 saturated heterocycles. The second kappa shape index (κ2) is 12.0. The molecule has 3 rings (SSSR count). The predicted molar refractivity (Wildman–Crippen MR) is 117 cm³/mol. The number of aromatic nitrogens is 1. The molecule has 1 fully saturated rings. The Morgan fingerprint density at radius 3 is 2.46 bits per heavy atom. The first kappa shape index (κ1) is 22.6. The second-order valence-electron chi connectivity index (χ2n) is 6.71. The van der Waals surface area contributed by atoms with E-state index in [4.69, 9.17) is 11.6 Å². The van der Waals surface area contributed by atoms with Gasteiger partial charge in [0.25, 0.3) is 0 Å². The molecule has 1 aliphatic heterocycles. The molecule has 28 heavy (non-hydrogen) atoms. The Morgan fingerprint density at radius 2 is 1.93 bits per heavy atom. The summed E-state index contributed by atoms with van der Waals surface area (Å²) >= 11 is 7.32. The summed E-state index contributed by atoms with van der Waals surface area (Å²) in [7, 11) is 0. The summed E-state index contributed by atoms with van der Waals surface area (Å²) in [5.74, 6) is 0.474. The van der Waals surface area contributed by atoms with Crippen LogP contribution >= 0.6 is 23.4 Å². The van der Waals surface area contributed by atoms with E-state index in [2.05, 4.69) is 16.8 Å². The number of ketones is 1. The van der Waals surface area contributed by atoms with Gasteiger partial charge in [-0.1, -0.05) is 18.5 Å². The van der Waals surface area contributed by atoms with Gasteiger partial charge in [-0.05, 0) is 81.6 Å². The van der Waals surface area contributed by atoms with Crippen molar-refractivity contribution in [3.63, 3.8) is 0 Å². The minimum Gasteiger partial charge on any atom is -0.303 e. The van der Waals surface area contributed by atoms with Crippen LogP contribution in [0.15, 0.2) is 47.6 Å². The van der Waals surface area contributed by atoms with Crippen LogP contribution < -0.4 is 0 Å². The lowest BCUT2D eigenvalue weighted by molar-refractivity contribution is 0.0840. The van der Waals surface area contributed by atoms with E-state index in [-0.39, 0.29) is 11.7 Å². The summed E-state index contributed by atoms with van der Waals surface area (Å²) in [6.45, 7) is 5.46. The van der Waals surface area contributed by atoms with Gasteiger partial charge in [0.2, 0.25) is 0 Å². The number of thioether (sulfide) groups is 1. The SMILES string of the molecule is CCCN1CCC(C(=O)c2ccc(Cl)cc2)CC1.CSc1ncccc1C=O. The average Bonchev–Trinajstić information content (AvgIpc) is 2.75. The summed E-state index contributed by atoms with van der Waals surface area (Å²) in [6, 6.07) is 10.8. The lowest BCUT2D eigenvalue weighted by Gasteiger charge is -2.30. The molecule has 0 aliphatic carbocycles. The number of likely N-dealkylation sites (tertiary alicyclic amines) is 1. The van der Waals surface area contributed by atoms with E-state index >= 15 is 0 Å². The molecule has 0 spiro atoms. The number of benzene rings is 1. The van der Waals surface area contributed by atoms with E-state index in [9.17, 15) is 9.59 Å². The molecular formula is C22H27ClN2O2S. The van der Waals surface area contributed by atoms with Crippen LogP contribution in [0.2, 0.25) is 5.02 Å². The van der Waals surface area contributed by atoms with Crippen LogP contribution in [-0.2, 0) is 0 Å². The zero-order valence-electron chi connectivity index (χ0n) is 16.4. The molecule has 0 saturated carbocycles. The predicted octanol–water partition coefficient (Wildman–Crippen LogP) is 5.26. The Hall–Kier alpha value is -1.69. The lowest BCUT2D eigenvalue weighted by Crippen LogP contribution is -2.36. The molecule has 0 amide bonds. The smallest absolute Gasteiger partial charge is 0.166 e. The maximum absolute atomic E-state index is 12.3. The minimum atomic E-state index is 0.194. The van der Waals surface area contributed by atoms with Gasteiger partial charge in [0, 0.05) is 28.3 Å². The van der Waals surface area contributed by atoms with Gasteiger partial charge in [-0.2, -0.15) is 0 Å². The van der Waals surface area contributed by atoms with Crippen LogP contribution in [0.4, 0.5) is 0 Å². The Labute approximate surface area is 176 Å². The van der Waals surface area contributed by atoms with E-state index in [1.165, 1.54) is 18.2 Å². The van der Waals surface area contributed by atoms with Crippen molar-refractivity contribution in [2.24, 2.45) is 5.92 Å². The first-order valence-corrected chi connectivity index (χ1v) is 11.2. The van der Waals surface area contributed by atoms with E-state index in [1.54, 1.807) is 30.5 Å². The summed E-state index contributed by atoms with van der Waals surface area (Å²) < 4.78 is 0. The van der Waals surface area contributed by atoms with Gasteiger partial charge < -0.3 is 4.90 Å². The highest BCUT2D eigenvalue weighted by atomic mass is 35.5. The minimum absolute atomic E-state index is 0.194. The van der Waals surface area contributed by atoms with E-state index in [0.717, 1.165) is 49.4 Å². The molecule has 150 valence electrons. The third-order valence-corrected chi connectivity index (χ3v) is 5.73. The molecule has 4 nitrogen and oxygen atoms in total. The summed E-state index contributed by atoms with van der Waals surface area (Å²) in [5.41, 5.74) is 1.46. The average molecular weight is 419 g/mol.